The maximum absolute atomic E-state index is 13.1. The molecular weight excluding hydrogens is 390 g/mol. The van der Waals surface area contributed by atoms with E-state index in [9.17, 15) is 14.7 Å². The first-order chi connectivity index (χ1) is 15.1. The number of aliphatic hydroxyl groups excluding tert-OH is 1. The molecule has 0 bridgehead atoms. The number of Topliss-reactive ketones (excluding diaryl/α,β-unsaturated/α-hetero) is 1. The largest absolute Gasteiger partial charge is 0.507 e. The Morgan fingerprint density at radius 3 is 2.39 bits per heavy atom. The van der Waals surface area contributed by atoms with Crippen LogP contribution >= 0.6 is 0 Å². The number of nitrogens with zero attached hydrogens (tertiary/aromatic N) is 1. The van der Waals surface area contributed by atoms with Gasteiger partial charge in [0.1, 0.15) is 11.5 Å². The molecule has 3 aromatic carbocycles. The van der Waals surface area contributed by atoms with Gasteiger partial charge in [-0.05, 0) is 41.8 Å². The number of fused-ring (bicyclic) bond motifs is 1. The third kappa shape index (κ3) is 3.67. The van der Waals surface area contributed by atoms with E-state index in [1.807, 2.05) is 74.5 Å². The van der Waals surface area contributed by atoms with E-state index in [-0.39, 0.29) is 11.3 Å². The highest BCUT2D eigenvalue weighted by Gasteiger charge is 2.45. The third-order valence-corrected chi connectivity index (χ3v) is 5.56. The van der Waals surface area contributed by atoms with Gasteiger partial charge in [-0.15, -0.1) is 0 Å². The highest BCUT2D eigenvalue weighted by Crippen LogP contribution is 2.40. The first-order valence-electron chi connectivity index (χ1n) is 10.6. The van der Waals surface area contributed by atoms with Crippen molar-refractivity contribution in [2.45, 2.75) is 26.3 Å². The molecule has 31 heavy (non-hydrogen) atoms. The number of aliphatic hydroxyl groups is 1. The molecule has 3 aromatic rings. The van der Waals surface area contributed by atoms with Crippen molar-refractivity contribution in [1.29, 1.82) is 0 Å². The van der Waals surface area contributed by atoms with Crippen LogP contribution in [0.1, 0.15) is 37.4 Å². The fourth-order valence-corrected chi connectivity index (χ4v) is 4.19. The van der Waals surface area contributed by atoms with Crippen LogP contribution in [-0.4, -0.2) is 34.8 Å². The van der Waals surface area contributed by atoms with Crippen LogP contribution in [0.25, 0.3) is 16.5 Å². The first kappa shape index (κ1) is 20.7. The summed E-state index contributed by atoms with van der Waals surface area (Å²) in [5, 5.41) is 13.1. The van der Waals surface area contributed by atoms with E-state index in [1.165, 1.54) is 0 Å². The van der Waals surface area contributed by atoms with Crippen molar-refractivity contribution in [2.24, 2.45) is 0 Å². The van der Waals surface area contributed by atoms with Crippen LogP contribution in [0.2, 0.25) is 0 Å². The molecule has 0 radical (unpaired) electrons. The van der Waals surface area contributed by atoms with Crippen LogP contribution in [0.3, 0.4) is 0 Å². The molecule has 1 heterocycles. The average Bonchev–Trinajstić information content (AvgIpc) is 3.04. The highest BCUT2D eigenvalue weighted by atomic mass is 16.5. The van der Waals surface area contributed by atoms with Crippen LogP contribution in [0.15, 0.2) is 72.3 Å². The number of benzene rings is 3. The fraction of sp³-hybridized carbons (Fsp3) is 0.231. The molecule has 5 heteroatoms. The summed E-state index contributed by atoms with van der Waals surface area (Å²) in [5.41, 5.74) is 1.43. The molecule has 0 aromatic heterocycles. The number of carbonyl (C=O) groups is 2. The van der Waals surface area contributed by atoms with Gasteiger partial charge >= 0.3 is 0 Å². The normalized spacial score (nSPS) is 18.0. The maximum atomic E-state index is 13.1. The van der Waals surface area contributed by atoms with Crippen molar-refractivity contribution in [2.75, 3.05) is 13.2 Å². The minimum Gasteiger partial charge on any atom is -0.507 e. The van der Waals surface area contributed by atoms with E-state index in [0.29, 0.717) is 30.9 Å². The fourth-order valence-electron chi connectivity index (χ4n) is 4.19. The zero-order valence-electron chi connectivity index (χ0n) is 17.7. The van der Waals surface area contributed by atoms with Crippen molar-refractivity contribution in [1.82, 2.24) is 4.90 Å². The number of likely N-dealkylation sites (tertiary alicyclic amines) is 1. The molecule has 0 spiro atoms. The number of hydrogen-bond donors (Lipinski definition) is 1. The minimum atomic E-state index is -0.655. The zero-order valence-corrected chi connectivity index (χ0v) is 17.7. The van der Waals surface area contributed by atoms with Gasteiger partial charge in [0, 0.05) is 12.1 Å². The lowest BCUT2D eigenvalue weighted by molar-refractivity contribution is -0.139. The summed E-state index contributed by atoms with van der Waals surface area (Å²) < 4.78 is 5.52. The number of amides is 1. The van der Waals surface area contributed by atoms with Gasteiger partial charge < -0.3 is 14.7 Å². The lowest BCUT2D eigenvalue weighted by Crippen LogP contribution is -2.30. The molecule has 1 aliphatic heterocycles. The molecule has 1 unspecified atom stereocenters. The van der Waals surface area contributed by atoms with Gasteiger partial charge in [-0.25, -0.2) is 0 Å². The SMILES string of the molecule is CCCN1C(=O)C(=O)/C(=C(\O)c2cccc3ccccc23)C1c1ccc(OCC)cc1. The minimum absolute atomic E-state index is 0.124. The van der Waals surface area contributed by atoms with E-state index in [0.717, 1.165) is 16.3 Å². The Balaban J connectivity index is 1.90. The molecule has 0 saturated carbocycles. The lowest BCUT2D eigenvalue weighted by Gasteiger charge is -2.25. The summed E-state index contributed by atoms with van der Waals surface area (Å²) in [6.07, 6.45) is 0.703. The topological polar surface area (TPSA) is 66.8 Å². The molecule has 158 valence electrons. The van der Waals surface area contributed by atoms with Gasteiger partial charge in [-0.1, -0.05) is 61.5 Å². The Morgan fingerprint density at radius 2 is 1.68 bits per heavy atom. The van der Waals surface area contributed by atoms with Gasteiger partial charge in [0.2, 0.25) is 0 Å². The van der Waals surface area contributed by atoms with E-state index < -0.39 is 17.7 Å². The molecule has 0 aliphatic carbocycles. The highest BCUT2D eigenvalue weighted by molar-refractivity contribution is 6.46. The molecule has 1 amide bonds. The summed E-state index contributed by atoms with van der Waals surface area (Å²) in [6, 6.07) is 19.9. The predicted molar refractivity (Wildman–Crippen MR) is 121 cm³/mol. The number of ketones is 1. The van der Waals surface area contributed by atoms with E-state index in [1.54, 1.807) is 11.0 Å². The van der Waals surface area contributed by atoms with Crippen LogP contribution < -0.4 is 4.74 Å². The number of hydrogen-bond acceptors (Lipinski definition) is 4. The van der Waals surface area contributed by atoms with E-state index in [2.05, 4.69) is 0 Å². The first-order valence-corrected chi connectivity index (χ1v) is 10.6. The molecule has 1 aliphatic rings. The lowest BCUT2D eigenvalue weighted by atomic mass is 9.93. The Labute approximate surface area is 181 Å². The molecule has 1 atom stereocenters. The van der Waals surface area contributed by atoms with E-state index >= 15 is 0 Å². The van der Waals surface area contributed by atoms with Crippen molar-refractivity contribution in [3.8, 4) is 5.75 Å². The molecule has 5 nitrogen and oxygen atoms in total. The molecule has 1 fully saturated rings. The van der Waals surface area contributed by atoms with E-state index in [4.69, 9.17) is 4.74 Å². The van der Waals surface area contributed by atoms with Gasteiger partial charge in [-0.3, -0.25) is 9.59 Å². The Kier molecular flexibility index (Phi) is 5.76. The quantitative estimate of drug-likeness (QED) is 0.347. The molecular formula is C26H25NO4. The van der Waals surface area contributed by atoms with Crippen molar-refractivity contribution in [3.05, 3.63) is 83.4 Å². The smallest absolute Gasteiger partial charge is 0.295 e. The Bertz CT molecular complexity index is 1160. The second-order valence-corrected chi connectivity index (χ2v) is 7.52. The Morgan fingerprint density at radius 1 is 0.968 bits per heavy atom. The zero-order chi connectivity index (χ0) is 22.0. The van der Waals surface area contributed by atoms with Gasteiger partial charge in [0.25, 0.3) is 11.7 Å². The van der Waals surface area contributed by atoms with Crippen LogP contribution in [0.5, 0.6) is 5.75 Å². The molecule has 1 saturated heterocycles. The summed E-state index contributed by atoms with van der Waals surface area (Å²) in [5.74, 6) is -0.666. The average molecular weight is 415 g/mol. The third-order valence-electron chi connectivity index (χ3n) is 5.56. The predicted octanol–water partition coefficient (Wildman–Crippen LogP) is 5.07. The van der Waals surface area contributed by atoms with Crippen LogP contribution in [-0.2, 0) is 9.59 Å². The van der Waals surface area contributed by atoms with Crippen molar-refractivity contribution < 1.29 is 19.4 Å². The summed E-state index contributed by atoms with van der Waals surface area (Å²) in [6.45, 7) is 4.84. The second-order valence-electron chi connectivity index (χ2n) is 7.52. The molecule has 1 N–H and O–H groups in total. The number of rotatable bonds is 6. The van der Waals surface area contributed by atoms with Crippen molar-refractivity contribution in [3.63, 3.8) is 0 Å². The second kappa shape index (κ2) is 8.64. The number of carbonyl (C=O) groups excluding carboxylic acids is 2. The number of ether oxygens (including phenoxy) is 1. The molecule has 4 rings (SSSR count). The summed E-state index contributed by atoms with van der Waals surface area (Å²) in [7, 11) is 0. The van der Waals surface area contributed by atoms with Crippen LogP contribution in [0.4, 0.5) is 0 Å². The maximum Gasteiger partial charge on any atom is 0.295 e. The van der Waals surface area contributed by atoms with Crippen LogP contribution in [0, 0.1) is 0 Å². The van der Waals surface area contributed by atoms with Gasteiger partial charge in [0.05, 0.1) is 18.2 Å². The summed E-state index contributed by atoms with van der Waals surface area (Å²) >= 11 is 0. The summed E-state index contributed by atoms with van der Waals surface area (Å²) in [4.78, 5) is 27.5. The van der Waals surface area contributed by atoms with Gasteiger partial charge in [0.15, 0.2) is 0 Å². The Hall–Kier alpha value is -3.60. The van der Waals surface area contributed by atoms with Gasteiger partial charge in [-0.2, -0.15) is 0 Å². The van der Waals surface area contributed by atoms with Crippen molar-refractivity contribution >= 4 is 28.2 Å². The monoisotopic (exact) mass is 415 g/mol. The standard InChI is InChI=1S/C26H25NO4/c1-3-16-27-23(18-12-14-19(15-13-18)31-4-2)22(25(29)26(27)30)24(28)21-11-7-9-17-8-5-6-10-20(17)21/h5-15,23,28H,3-4,16H2,1-2H3/b24-22-.